The van der Waals surface area contributed by atoms with E-state index in [2.05, 4.69) is 5.32 Å². The van der Waals surface area contributed by atoms with Crippen LogP contribution in [0.15, 0.2) is 48.5 Å². The molecule has 1 N–H and O–H groups in total. The summed E-state index contributed by atoms with van der Waals surface area (Å²) in [6.07, 6.45) is 3.30. The van der Waals surface area contributed by atoms with E-state index in [-0.39, 0.29) is 5.91 Å². The summed E-state index contributed by atoms with van der Waals surface area (Å²) < 4.78 is 10.7. The molecule has 0 unspecified atom stereocenters. The Morgan fingerprint density at radius 2 is 2.00 bits per heavy atom. The molecule has 120 valence electrons. The van der Waals surface area contributed by atoms with Gasteiger partial charge in [0.05, 0.1) is 13.7 Å². The molecule has 2 rings (SSSR count). The van der Waals surface area contributed by atoms with Crippen molar-refractivity contribution in [2.75, 3.05) is 19.0 Å². The first-order valence-electron chi connectivity index (χ1n) is 7.49. The van der Waals surface area contributed by atoms with Crippen LogP contribution in [-0.2, 0) is 4.79 Å². The predicted octanol–water partition coefficient (Wildman–Crippen LogP) is 4.05. The highest BCUT2D eigenvalue weighted by atomic mass is 16.5. The molecule has 2 aromatic rings. The lowest BCUT2D eigenvalue weighted by atomic mass is 10.1. The van der Waals surface area contributed by atoms with Gasteiger partial charge in [-0.2, -0.15) is 0 Å². The van der Waals surface area contributed by atoms with E-state index in [0.717, 1.165) is 11.1 Å². The highest BCUT2D eigenvalue weighted by molar-refractivity contribution is 6.02. The van der Waals surface area contributed by atoms with Crippen molar-refractivity contribution in [3.8, 4) is 11.5 Å². The number of hydrogen-bond donors (Lipinski definition) is 1. The Morgan fingerprint density at radius 3 is 2.70 bits per heavy atom. The Kier molecular flexibility index (Phi) is 5.80. The number of hydrogen-bond acceptors (Lipinski definition) is 3. The molecule has 0 bridgehead atoms. The lowest BCUT2D eigenvalue weighted by Crippen LogP contribution is -2.08. The van der Waals surface area contributed by atoms with E-state index in [4.69, 9.17) is 9.47 Å². The Morgan fingerprint density at radius 1 is 1.17 bits per heavy atom. The third kappa shape index (κ3) is 4.88. The number of anilines is 1. The average molecular weight is 311 g/mol. The van der Waals surface area contributed by atoms with Gasteiger partial charge in [0.1, 0.15) is 0 Å². The lowest BCUT2D eigenvalue weighted by molar-refractivity contribution is -0.111. The van der Waals surface area contributed by atoms with Crippen LogP contribution in [0.25, 0.3) is 6.08 Å². The van der Waals surface area contributed by atoms with Crippen LogP contribution in [0.2, 0.25) is 0 Å². The number of rotatable bonds is 6. The fourth-order valence-electron chi connectivity index (χ4n) is 2.15. The molecule has 0 saturated heterocycles. The molecule has 0 heterocycles. The zero-order valence-corrected chi connectivity index (χ0v) is 13.6. The van der Waals surface area contributed by atoms with E-state index >= 15 is 0 Å². The van der Waals surface area contributed by atoms with E-state index in [9.17, 15) is 4.79 Å². The van der Waals surface area contributed by atoms with Gasteiger partial charge >= 0.3 is 0 Å². The maximum Gasteiger partial charge on any atom is 0.248 e. The van der Waals surface area contributed by atoms with Crippen molar-refractivity contribution < 1.29 is 14.3 Å². The summed E-state index contributed by atoms with van der Waals surface area (Å²) in [6.45, 7) is 4.48. The summed E-state index contributed by atoms with van der Waals surface area (Å²) in [4.78, 5) is 12.0. The van der Waals surface area contributed by atoms with Gasteiger partial charge in [-0.25, -0.2) is 0 Å². The minimum atomic E-state index is -0.197. The average Bonchev–Trinajstić information content (AvgIpc) is 2.54. The van der Waals surface area contributed by atoms with Gasteiger partial charge in [-0.05, 0) is 37.6 Å². The molecule has 0 aliphatic rings. The summed E-state index contributed by atoms with van der Waals surface area (Å²) in [5, 5.41) is 2.81. The fraction of sp³-hybridized carbons (Fsp3) is 0.211. The van der Waals surface area contributed by atoms with Crippen molar-refractivity contribution >= 4 is 17.7 Å². The van der Waals surface area contributed by atoms with E-state index in [0.29, 0.717) is 23.8 Å². The highest BCUT2D eigenvalue weighted by Crippen LogP contribution is 2.30. The van der Waals surface area contributed by atoms with Crippen LogP contribution >= 0.6 is 0 Å². The minimum absolute atomic E-state index is 0.197. The van der Waals surface area contributed by atoms with Crippen molar-refractivity contribution in [1.82, 2.24) is 0 Å². The molecule has 0 spiro atoms. The Labute approximate surface area is 136 Å². The van der Waals surface area contributed by atoms with Gasteiger partial charge in [-0.15, -0.1) is 0 Å². The molecule has 4 nitrogen and oxygen atoms in total. The first kappa shape index (κ1) is 16.6. The SMILES string of the molecule is CCOc1ccc(NC(=O)/C=C/c2cccc(C)c2)cc1OC. The van der Waals surface area contributed by atoms with Crippen molar-refractivity contribution in [3.05, 3.63) is 59.7 Å². The molecule has 0 aliphatic heterocycles. The molecule has 23 heavy (non-hydrogen) atoms. The maximum absolute atomic E-state index is 12.0. The van der Waals surface area contributed by atoms with Gasteiger partial charge in [0.2, 0.25) is 5.91 Å². The molecular formula is C19H21NO3. The normalized spacial score (nSPS) is 10.6. The van der Waals surface area contributed by atoms with E-state index < -0.39 is 0 Å². The summed E-state index contributed by atoms with van der Waals surface area (Å²) in [6, 6.07) is 13.3. The smallest absolute Gasteiger partial charge is 0.248 e. The topological polar surface area (TPSA) is 47.6 Å². The van der Waals surface area contributed by atoms with Crippen LogP contribution in [0.4, 0.5) is 5.69 Å². The third-order valence-electron chi connectivity index (χ3n) is 3.20. The van der Waals surface area contributed by atoms with E-state index in [1.54, 1.807) is 31.4 Å². The molecule has 2 aromatic carbocycles. The van der Waals surface area contributed by atoms with Crippen molar-refractivity contribution in [1.29, 1.82) is 0 Å². The largest absolute Gasteiger partial charge is 0.493 e. The quantitative estimate of drug-likeness (QED) is 0.819. The van der Waals surface area contributed by atoms with Gasteiger partial charge in [-0.1, -0.05) is 29.8 Å². The Bertz CT molecular complexity index is 708. The van der Waals surface area contributed by atoms with Crippen LogP contribution in [0.5, 0.6) is 11.5 Å². The summed E-state index contributed by atoms with van der Waals surface area (Å²) in [5.41, 5.74) is 2.80. The van der Waals surface area contributed by atoms with E-state index in [1.165, 1.54) is 6.08 Å². The summed E-state index contributed by atoms with van der Waals surface area (Å²) in [7, 11) is 1.57. The number of carbonyl (C=O) groups excluding carboxylic acids is 1. The number of amides is 1. The molecule has 0 radical (unpaired) electrons. The number of nitrogens with one attached hydrogen (secondary N) is 1. The first-order chi connectivity index (χ1) is 11.1. The molecule has 0 saturated carbocycles. The van der Waals surface area contributed by atoms with Gasteiger partial charge in [0.15, 0.2) is 11.5 Å². The molecule has 0 aliphatic carbocycles. The predicted molar refractivity (Wildman–Crippen MR) is 93.0 cm³/mol. The van der Waals surface area contributed by atoms with Crippen LogP contribution in [-0.4, -0.2) is 19.6 Å². The number of aryl methyl sites for hydroxylation is 1. The monoisotopic (exact) mass is 311 g/mol. The number of ether oxygens (including phenoxy) is 2. The second kappa shape index (κ2) is 8.03. The third-order valence-corrected chi connectivity index (χ3v) is 3.20. The molecular weight excluding hydrogens is 290 g/mol. The highest BCUT2D eigenvalue weighted by Gasteiger charge is 2.06. The second-order valence-electron chi connectivity index (χ2n) is 5.04. The van der Waals surface area contributed by atoms with Crippen LogP contribution in [0.1, 0.15) is 18.1 Å². The summed E-state index contributed by atoms with van der Waals surface area (Å²) >= 11 is 0. The Balaban J connectivity index is 2.05. The lowest BCUT2D eigenvalue weighted by Gasteiger charge is -2.11. The Hall–Kier alpha value is -2.75. The van der Waals surface area contributed by atoms with Crippen molar-refractivity contribution in [2.24, 2.45) is 0 Å². The number of benzene rings is 2. The molecule has 0 atom stereocenters. The van der Waals surface area contributed by atoms with Gasteiger partial charge in [0, 0.05) is 17.8 Å². The molecule has 1 amide bonds. The van der Waals surface area contributed by atoms with Crippen LogP contribution in [0.3, 0.4) is 0 Å². The first-order valence-corrected chi connectivity index (χ1v) is 7.49. The van der Waals surface area contributed by atoms with Crippen molar-refractivity contribution in [2.45, 2.75) is 13.8 Å². The molecule has 0 aromatic heterocycles. The number of methoxy groups -OCH3 is 1. The second-order valence-corrected chi connectivity index (χ2v) is 5.04. The van der Waals surface area contributed by atoms with E-state index in [1.807, 2.05) is 38.1 Å². The zero-order chi connectivity index (χ0) is 16.7. The minimum Gasteiger partial charge on any atom is -0.493 e. The van der Waals surface area contributed by atoms with Gasteiger partial charge in [-0.3, -0.25) is 4.79 Å². The fourth-order valence-corrected chi connectivity index (χ4v) is 2.15. The molecule has 4 heteroatoms. The van der Waals surface area contributed by atoms with Gasteiger partial charge in [0.25, 0.3) is 0 Å². The standard InChI is InChI=1S/C19H21NO3/c1-4-23-17-10-9-16(13-18(17)22-3)20-19(21)11-8-15-7-5-6-14(2)12-15/h5-13H,4H2,1-3H3,(H,20,21)/b11-8+. The molecule has 0 fully saturated rings. The van der Waals surface area contributed by atoms with Gasteiger partial charge < -0.3 is 14.8 Å². The summed E-state index contributed by atoms with van der Waals surface area (Å²) in [5.74, 6) is 1.05. The maximum atomic E-state index is 12.0. The van der Waals surface area contributed by atoms with Crippen LogP contribution in [0, 0.1) is 6.92 Å². The van der Waals surface area contributed by atoms with Crippen LogP contribution < -0.4 is 14.8 Å². The number of carbonyl (C=O) groups is 1. The van der Waals surface area contributed by atoms with Crippen molar-refractivity contribution in [3.63, 3.8) is 0 Å². The zero-order valence-electron chi connectivity index (χ0n) is 13.6.